The van der Waals surface area contributed by atoms with Crippen molar-refractivity contribution in [3.8, 4) is 0 Å². The van der Waals surface area contributed by atoms with Gasteiger partial charge in [0.05, 0.1) is 5.56 Å². The molecule has 0 amide bonds. The third kappa shape index (κ3) is 2.66. The van der Waals surface area contributed by atoms with Crippen LogP contribution in [-0.4, -0.2) is 14.4 Å². The molecule has 0 saturated carbocycles. The van der Waals surface area contributed by atoms with E-state index in [0.717, 1.165) is 5.56 Å². The van der Waals surface area contributed by atoms with Crippen molar-refractivity contribution in [2.24, 2.45) is 0 Å². The molecule has 3 rings (SSSR count). The molecule has 0 aliphatic carbocycles. The van der Waals surface area contributed by atoms with Gasteiger partial charge in [-0.05, 0) is 40.2 Å². The van der Waals surface area contributed by atoms with E-state index in [1.807, 2.05) is 0 Å². The fraction of sp³-hybridized carbons (Fsp3) is 0.0714. The van der Waals surface area contributed by atoms with Crippen molar-refractivity contribution < 1.29 is 17.9 Å². The minimum atomic E-state index is -3.73. The summed E-state index contributed by atoms with van der Waals surface area (Å²) in [6, 6.07) is 11.3. The molecule has 2 aromatic carbocycles. The van der Waals surface area contributed by atoms with Crippen LogP contribution in [0.5, 0.6) is 0 Å². The maximum absolute atomic E-state index is 12.3. The number of anilines is 1. The lowest BCUT2D eigenvalue weighted by Gasteiger charge is -2.10. The van der Waals surface area contributed by atoms with Crippen LogP contribution in [0.4, 0.5) is 5.69 Å². The highest BCUT2D eigenvalue weighted by molar-refractivity contribution is 9.10. The Morgan fingerprint density at radius 1 is 1.14 bits per heavy atom. The van der Waals surface area contributed by atoms with Gasteiger partial charge in [-0.2, -0.15) is 0 Å². The molecule has 0 spiro atoms. The molecule has 0 atom stereocenters. The van der Waals surface area contributed by atoms with Crippen molar-refractivity contribution >= 4 is 37.6 Å². The zero-order chi connectivity index (χ0) is 15.0. The standard InChI is InChI=1S/C14H10BrNO4S/c15-12-3-1-2-4-13(12)21(18,19)16-10-6-5-9-8-20-14(17)11(9)7-10/h1-7,16H,8H2. The lowest BCUT2D eigenvalue weighted by molar-refractivity contribution is 0.0535. The van der Waals surface area contributed by atoms with Crippen molar-refractivity contribution in [3.05, 3.63) is 58.1 Å². The zero-order valence-corrected chi connectivity index (χ0v) is 13.1. The van der Waals surface area contributed by atoms with Crippen molar-refractivity contribution in [1.82, 2.24) is 0 Å². The molecule has 0 fully saturated rings. The Balaban J connectivity index is 1.95. The van der Waals surface area contributed by atoms with Gasteiger partial charge in [-0.15, -0.1) is 0 Å². The molecule has 0 aromatic heterocycles. The first-order valence-electron chi connectivity index (χ1n) is 6.05. The number of hydrogen-bond acceptors (Lipinski definition) is 4. The average Bonchev–Trinajstić information content (AvgIpc) is 2.80. The molecule has 5 nitrogen and oxygen atoms in total. The van der Waals surface area contributed by atoms with E-state index in [4.69, 9.17) is 4.74 Å². The number of hydrogen-bond donors (Lipinski definition) is 1. The fourth-order valence-electron chi connectivity index (χ4n) is 2.05. The second-order valence-electron chi connectivity index (χ2n) is 4.48. The normalized spacial score (nSPS) is 13.7. The van der Waals surface area contributed by atoms with Crippen molar-refractivity contribution in [2.75, 3.05) is 4.72 Å². The molecule has 1 heterocycles. The second-order valence-corrected chi connectivity index (χ2v) is 6.99. The van der Waals surface area contributed by atoms with Gasteiger partial charge in [0.1, 0.15) is 11.5 Å². The van der Waals surface area contributed by atoms with E-state index >= 15 is 0 Å². The molecule has 1 aliphatic rings. The van der Waals surface area contributed by atoms with E-state index in [1.165, 1.54) is 12.1 Å². The Bertz CT molecular complexity index is 833. The van der Waals surface area contributed by atoms with Crippen LogP contribution < -0.4 is 4.72 Å². The van der Waals surface area contributed by atoms with Gasteiger partial charge in [0, 0.05) is 15.7 Å². The maximum Gasteiger partial charge on any atom is 0.338 e. The molecule has 1 aliphatic heterocycles. The minimum absolute atomic E-state index is 0.132. The van der Waals surface area contributed by atoms with Gasteiger partial charge in [0.15, 0.2) is 0 Å². The van der Waals surface area contributed by atoms with Crippen LogP contribution in [0, 0.1) is 0 Å². The quantitative estimate of drug-likeness (QED) is 0.846. The minimum Gasteiger partial charge on any atom is -0.457 e. The number of ether oxygens (including phenoxy) is 1. The number of fused-ring (bicyclic) bond motifs is 1. The Morgan fingerprint density at radius 2 is 1.90 bits per heavy atom. The molecular weight excluding hydrogens is 358 g/mol. The van der Waals surface area contributed by atoms with Crippen LogP contribution in [0.15, 0.2) is 51.8 Å². The summed E-state index contributed by atoms with van der Waals surface area (Å²) in [5.41, 5.74) is 1.47. The number of esters is 1. The Hall–Kier alpha value is -1.86. The summed E-state index contributed by atoms with van der Waals surface area (Å²) in [6.45, 7) is 0.228. The van der Waals surface area contributed by atoms with E-state index in [0.29, 0.717) is 15.7 Å². The maximum atomic E-state index is 12.3. The third-order valence-electron chi connectivity index (χ3n) is 3.07. The Kier molecular flexibility index (Phi) is 3.46. The molecule has 7 heteroatoms. The smallest absolute Gasteiger partial charge is 0.338 e. The number of cyclic esters (lactones) is 1. The first-order valence-corrected chi connectivity index (χ1v) is 8.32. The molecule has 2 aromatic rings. The summed E-state index contributed by atoms with van der Waals surface area (Å²) in [5, 5.41) is 0. The van der Waals surface area contributed by atoms with E-state index in [1.54, 1.807) is 30.3 Å². The van der Waals surface area contributed by atoms with E-state index in [9.17, 15) is 13.2 Å². The van der Waals surface area contributed by atoms with Crippen molar-refractivity contribution in [1.29, 1.82) is 0 Å². The number of rotatable bonds is 3. The largest absolute Gasteiger partial charge is 0.457 e. The van der Waals surface area contributed by atoms with Crippen LogP contribution in [0.1, 0.15) is 15.9 Å². The molecule has 0 radical (unpaired) electrons. The first-order chi connectivity index (χ1) is 9.97. The van der Waals surface area contributed by atoms with Gasteiger partial charge in [-0.1, -0.05) is 18.2 Å². The summed E-state index contributed by atoms with van der Waals surface area (Å²) in [4.78, 5) is 11.6. The van der Waals surface area contributed by atoms with Crippen LogP contribution in [-0.2, 0) is 21.4 Å². The summed E-state index contributed by atoms with van der Waals surface area (Å²) in [7, 11) is -3.73. The van der Waals surface area contributed by atoms with Gasteiger partial charge in [0.2, 0.25) is 0 Å². The Morgan fingerprint density at radius 3 is 2.67 bits per heavy atom. The van der Waals surface area contributed by atoms with Gasteiger partial charge < -0.3 is 4.74 Å². The summed E-state index contributed by atoms with van der Waals surface area (Å²) in [5.74, 6) is -0.438. The summed E-state index contributed by atoms with van der Waals surface area (Å²) >= 11 is 3.21. The van der Waals surface area contributed by atoms with Gasteiger partial charge in [-0.3, -0.25) is 4.72 Å². The van der Waals surface area contributed by atoms with Crippen molar-refractivity contribution in [2.45, 2.75) is 11.5 Å². The highest BCUT2D eigenvalue weighted by atomic mass is 79.9. The molecule has 21 heavy (non-hydrogen) atoms. The van der Waals surface area contributed by atoms with E-state index < -0.39 is 16.0 Å². The average molecular weight is 368 g/mol. The van der Waals surface area contributed by atoms with Crippen molar-refractivity contribution in [3.63, 3.8) is 0 Å². The lowest BCUT2D eigenvalue weighted by Crippen LogP contribution is -2.13. The SMILES string of the molecule is O=C1OCc2ccc(NS(=O)(=O)c3ccccc3Br)cc21. The van der Waals surface area contributed by atoms with Gasteiger partial charge >= 0.3 is 5.97 Å². The fourth-order valence-corrected chi connectivity index (χ4v) is 4.10. The summed E-state index contributed by atoms with van der Waals surface area (Å²) < 4.78 is 32.5. The van der Waals surface area contributed by atoms with Crippen LogP contribution in [0.3, 0.4) is 0 Å². The molecule has 0 unspecified atom stereocenters. The number of nitrogens with one attached hydrogen (secondary N) is 1. The number of benzene rings is 2. The Labute approximate surface area is 130 Å². The number of halogens is 1. The predicted octanol–water partition coefficient (Wildman–Crippen LogP) is 2.92. The number of carbonyl (C=O) groups is 1. The van der Waals surface area contributed by atoms with Gasteiger partial charge in [0.25, 0.3) is 10.0 Å². The van der Waals surface area contributed by atoms with Crippen LogP contribution in [0.25, 0.3) is 0 Å². The molecular formula is C14H10BrNO4S. The molecule has 108 valence electrons. The topological polar surface area (TPSA) is 72.5 Å². The molecule has 1 N–H and O–H groups in total. The molecule has 0 bridgehead atoms. The second kappa shape index (κ2) is 5.16. The first kappa shape index (κ1) is 14.1. The predicted molar refractivity (Wildman–Crippen MR) is 80.5 cm³/mol. The van der Waals surface area contributed by atoms with Crippen LogP contribution >= 0.6 is 15.9 Å². The van der Waals surface area contributed by atoms with E-state index in [-0.39, 0.29) is 11.5 Å². The summed E-state index contributed by atoms with van der Waals surface area (Å²) in [6.07, 6.45) is 0. The number of carbonyl (C=O) groups excluding carboxylic acids is 1. The molecule has 0 saturated heterocycles. The van der Waals surface area contributed by atoms with Crippen LogP contribution in [0.2, 0.25) is 0 Å². The van der Waals surface area contributed by atoms with E-state index in [2.05, 4.69) is 20.7 Å². The highest BCUT2D eigenvalue weighted by Gasteiger charge is 2.23. The number of sulfonamides is 1. The zero-order valence-electron chi connectivity index (χ0n) is 10.7. The monoisotopic (exact) mass is 367 g/mol. The highest BCUT2D eigenvalue weighted by Crippen LogP contribution is 2.27. The third-order valence-corrected chi connectivity index (χ3v) is 5.46. The lowest BCUT2D eigenvalue weighted by atomic mass is 10.1. The van der Waals surface area contributed by atoms with Gasteiger partial charge in [-0.25, -0.2) is 13.2 Å².